The Hall–Kier alpha value is -2.20. The number of rotatable bonds is 3. The van der Waals surface area contributed by atoms with E-state index in [-0.39, 0.29) is 18.0 Å². The van der Waals surface area contributed by atoms with Gasteiger partial charge in [-0.05, 0) is 36.1 Å². The quantitative estimate of drug-likeness (QED) is 0.904. The van der Waals surface area contributed by atoms with E-state index in [0.717, 1.165) is 18.5 Å². The molecule has 108 valence electrons. The molecule has 0 spiro atoms. The van der Waals surface area contributed by atoms with Crippen molar-refractivity contribution >= 4 is 5.91 Å². The van der Waals surface area contributed by atoms with E-state index >= 15 is 0 Å². The summed E-state index contributed by atoms with van der Waals surface area (Å²) < 4.78 is 0. The fourth-order valence-corrected chi connectivity index (χ4v) is 2.67. The van der Waals surface area contributed by atoms with Gasteiger partial charge in [-0.15, -0.1) is 0 Å². The van der Waals surface area contributed by atoms with Crippen molar-refractivity contribution in [1.82, 2.24) is 15.6 Å². The second-order valence-electron chi connectivity index (χ2n) is 5.42. The lowest BCUT2D eigenvalue weighted by molar-refractivity contribution is -0.124. The number of nitrogens with one attached hydrogen (secondary N) is 2. The van der Waals surface area contributed by atoms with Crippen molar-refractivity contribution in [2.45, 2.75) is 32.0 Å². The van der Waals surface area contributed by atoms with Gasteiger partial charge in [-0.3, -0.25) is 9.78 Å². The van der Waals surface area contributed by atoms with Crippen molar-refractivity contribution in [3.8, 4) is 0 Å². The molecule has 2 heterocycles. The molecule has 4 heteroatoms. The van der Waals surface area contributed by atoms with Crippen molar-refractivity contribution in [3.05, 3.63) is 65.5 Å². The van der Waals surface area contributed by atoms with Crippen LogP contribution in [0.3, 0.4) is 0 Å². The first-order chi connectivity index (χ1) is 10.2. The van der Waals surface area contributed by atoms with Gasteiger partial charge in [-0.1, -0.05) is 30.3 Å². The Morgan fingerprint density at radius 2 is 2.10 bits per heavy atom. The number of carbonyl (C=O) groups is 1. The van der Waals surface area contributed by atoms with E-state index in [2.05, 4.69) is 27.8 Å². The van der Waals surface area contributed by atoms with Gasteiger partial charge >= 0.3 is 0 Å². The Labute approximate surface area is 124 Å². The van der Waals surface area contributed by atoms with Crippen molar-refractivity contribution in [2.24, 2.45) is 0 Å². The molecule has 0 bridgehead atoms. The summed E-state index contributed by atoms with van der Waals surface area (Å²) in [6.45, 7) is 2.72. The van der Waals surface area contributed by atoms with Gasteiger partial charge < -0.3 is 10.6 Å². The largest absolute Gasteiger partial charge is 0.348 e. The molecule has 1 aromatic carbocycles. The van der Waals surface area contributed by atoms with Gasteiger partial charge in [0.25, 0.3) is 0 Å². The second kappa shape index (κ2) is 6.06. The van der Waals surface area contributed by atoms with Gasteiger partial charge in [0, 0.05) is 18.9 Å². The van der Waals surface area contributed by atoms with Crippen molar-refractivity contribution in [3.63, 3.8) is 0 Å². The first-order valence-corrected chi connectivity index (χ1v) is 7.24. The molecular formula is C17H19N3O. The molecule has 21 heavy (non-hydrogen) atoms. The Morgan fingerprint density at radius 1 is 1.29 bits per heavy atom. The van der Waals surface area contributed by atoms with Crippen LogP contribution >= 0.6 is 0 Å². The van der Waals surface area contributed by atoms with E-state index in [1.165, 1.54) is 11.1 Å². The molecule has 2 aromatic rings. The van der Waals surface area contributed by atoms with E-state index in [0.29, 0.717) is 0 Å². The van der Waals surface area contributed by atoms with E-state index < -0.39 is 0 Å². The molecule has 1 aliphatic rings. The monoisotopic (exact) mass is 281 g/mol. The third kappa shape index (κ3) is 3.11. The topological polar surface area (TPSA) is 54.0 Å². The summed E-state index contributed by atoms with van der Waals surface area (Å²) >= 11 is 0. The maximum absolute atomic E-state index is 12.4. The Morgan fingerprint density at radius 3 is 2.86 bits per heavy atom. The standard InChI is InChI=1S/C17H19N3O/c1-12(14-7-4-8-18-10-14)20-17(21)16-9-13-5-2-3-6-15(13)11-19-16/h2-8,10,12,16,19H,9,11H2,1H3,(H,20,21)/t12-,16+/m0/s1. The number of aromatic nitrogens is 1. The summed E-state index contributed by atoms with van der Waals surface area (Å²) in [6.07, 6.45) is 4.26. The Bertz CT molecular complexity index is 627. The Balaban J connectivity index is 1.65. The molecular weight excluding hydrogens is 262 g/mol. The average Bonchev–Trinajstić information content (AvgIpc) is 2.55. The first kappa shape index (κ1) is 13.8. The SMILES string of the molecule is C[C@H](NC(=O)[C@H]1Cc2ccccc2CN1)c1cccnc1. The highest BCUT2D eigenvalue weighted by atomic mass is 16.2. The fraction of sp³-hybridized carbons (Fsp3) is 0.294. The van der Waals surface area contributed by atoms with E-state index in [1.54, 1.807) is 12.4 Å². The zero-order valence-electron chi connectivity index (χ0n) is 12.0. The number of pyridine rings is 1. The van der Waals surface area contributed by atoms with Crippen molar-refractivity contribution in [2.75, 3.05) is 0 Å². The molecule has 4 nitrogen and oxygen atoms in total. The predicted molar refractivity (Wildman–Crippen MR) is 81.6 cm³/mol. The number of fused-ring (bicyclic) bond motifs is 1. The minimum atomic E-state index is -0.168. The number of amides is 1. The number of benzene rings is 1. The van der Waals surface area contributed by atoms with Crippen LogP contribution in [0.5, 0.6) is 0 Å². The molecule has 0 fully saturated rings. The van der Waals surface area contributed by atoms with Crippen LogP contribution in [0.2, 0.25) is 0 Å². The van der Waals surface area contributed by atoms with Crippen molar-refractivity contribution in [1.29, 1.82) is 0 Å². The molecule has 0 saturated carbocycles. The fourth-order valence-electron chi connectivity index (χ4n) is 2.67. The molecule has 2 N–H and O–H groups in total. The maximum Gasteiger partial charge on any atom is 0.237 e. The minimum absolute atomic E-state index is 0.0369. The number of nitrogens with zero attached hydrogens (tertiary/aromatic N) is 1. The predicted octanol–water partition coefficient (Wildman–Crippen LogP) is 1.97. The number of hydrogen-bond acceptors (Lipinski definition) is 3. The third-order valence-electron chi connectivity index (χ3n) is 3.94. The summed E-state index contributed by atoms with van der Waals surface area (Å²) in [5, 5.41) is 6.36. The van der Waals surface area contributed by atoms with E-state index in [4.69, 9.17) is 0 Å². The van der Waals surface area contributed by atoms with E-state index in [1.807, 2.05) is 31.2 Å². The molecule has 0 saturated heterocycles. The van der Waals surface area contributed by atoms with Gasteiger partial charge in [-0.2, -0.15) is 0 Å². The zero-order valence-corrected chi connectivity index (χ0v) is 12.0. The van der Waals surface area contributed by atoms with Crippen LogP contribution in [0.1, 0.15) is 29.7 Å². The third-order valence-corrected chi connectivity index (χ3v) is 3.94. The summed E-state index contributed by atoms with van der Waals surface area (Å²) in [5.74, 6) is 0.0425. The maximum atomic E-state index is 12.4. The zero-order chi connectivity index (χ0) is 14.7. The molecule has 2 atom stereocenters. The molecule has 1 aromatic heterocycles. The van der Waals surface area contributed by atoms with Crippen LogP contribution in [0.25, 0.3) is 0 Å². The van der Waals surface area contributed by atoms with Crippen LogP contribution in [0, 0.1) is 0 Å². The van der Waals surface area contributed by atoms with Crippen LogP contribution in [-0.2, 0) is 17.8 Å². The summed E-state index contributed by atoms with van der Waals surface area (Å²) in [4.78, 5) is 16.5. The van der Waals surface area contributed by atoms with Crippen LogP contribution in [0.4, 0.5) is 0 Å². The average molecular weight is 281 g/mol. The van der Waals surface area contributed by atoms with Gasteiger partial charge in [0.05, 0.1) is 12.1 Å². The molecule has 0 aliphatic carbocycles. The van der Waals surface area contributed by atoms with Crippen LogP contribution in [-0.4, -0.2) is 16.9 Å². The normalized spacial score (nSPS) is 18.6. The lowest BCUT2D eigenvalue weighted by Gasteiger charge is -2.26. The number of hydrogen-bond donors (Lipinski definition) is 2. The Kier molecular flexibility index (Phi) is 3.97. The van der Waals surface area contributed by atoms with Crippen LogP contribution < -0.4 is 10.6 Å². The molecule has 3 rings (SSSR count). The molecule has 1 aliphatic heterocycles. The lowest BCUT2D eigenvalue weighted by atomic mass is 9.95. The van der Waals surface area contributed by atoms with Crippen molar-refractivity contribution < 1.29 is 4.79 Å². The first-order valence-electron chi connectivity index (χ1n) is 7.24. The molecule has 0 unspecified atom stereocenters. The molecule has 0 radical (unpaired) electrons. The van der Waals surface area contributed by atoms with Gasteiger partial charge in [-0.25, -0.2) is 0 Å². The van der Waals surface area contributed by atoms with Gasteiger partial charge in [0.1, 0.15) is 0 Å². The summed E-state index contributed by atoms with van der Waals surface area (Å²) in [6, 6.07) is 11.9. The minimum Gasteiger partial charge on any atom is -0.348 e. The highest BCUT2D eigenvalue weighted by Gasteiger charge is 2.24. The van der Waals surface area contributed by atoms with Gasteiger partial charge in [0.15, 0.2) is 0 Å². The highest BCUT2D eigenvalue weighted by molar-refractivity contribution is 5.82. The summed E-state index contributed by atoms with van der Waals surface area (Å²) in [7, 11) is 0. The second-order valence-corrected chi connectivity index (χ2v) is 5.42. The van der Waals surface area contributed by atoms with Crippen LogP contribution in [0.15, 0.2) is 48.8 Å². The van der Waals surface area contributed by atoms with Gasteiger partial charge in [0.2, 0.25) is 5.91 Å². The highest BCUT2D eigenvalue weighted by Crippen LogP contribution is 2.17. The van der Waals surface area contributed by atoms with E-state index in [9.17, 15) is 4.79 Å². The number of carbonyl (C=O) groups excluding carboxylic acids is 1. The smallest absolute Gasteiger partial charge is 0.237 e. The molecule has 1 amide bonds. The summed E-state index contributed by atoms with van der Waals surface area (Å²) in [5.41, 5.74) is 3.55. The lowest BCUT2D eigenvalue weighted by Crippen LogP contribution is -2.48.